The molecule has 0 aliphatic rings. The Labute approximate surface area is 146 Å². The van der Waals surface area contributed by atoms with Gasteiger partial charge in [0.2, 0.25) is 0 Å². The van der Waals surface area contributed by atoms with Gasteiger partial charge < -0.3 is 10.6 Å². The molecule has 2 aromatic carbocycles. The van der Waals surface area contributed by atoms with Gasteiger partial charge in [0.25, 0.3) is 5.91 Å². The third-order valence-electron chi connectivity index (χ3n) is 3.86. The quantitative estimate of drug-likeness (QED) is 0.727. The number of amides is 1. The highest BCUT2D eigenvalue weighted by Gasteiger charge is 2.31. The van der Waals surface area contributed by atoms with E-state index in [1.54, 1.807) is 7.05 Å². The number of nitrogens with two attached hydrogens (primary N) is 1. The highest BCUT2D eigenvalue weighted by Crippen LogP contribution is 2.38. The van der Waals surface area contributed by atoms with Gasteiger partial charge >= 0.3 is 6.18 Å². The van der Waals surface area contributed by atoms with Crippen LogP contribution in [0.15, 0.2) is 48.5 Å². The molecule has 0 bridgehead atoms. The molecule has 0 saturated carbocycles. The van der Waals surface area contributed by atoms with Gasteiger partial charge in [0, 0.05) is 23.7 Å². The number of thiophene rings is 1. The average Bonchev–Trinajstić information content (AvgIpc) is 2.90. The van der Waals surface area contributed by atoms with Crippen LogP contribution in [0.4, 0.5) is 18.9 Å². The number of alkyl halides is 3. The molecular weight excluding hydrogens is 349 g/mol. The lowest BCUT2D eigenvalue weighted by Gasteiger charge is -2.16. The third-order valence-corrected chi connectivity index (χ3v) is 5.03. The Balaban J connectivity index is 1.92. The molecule has 25 heavy (non-hydrogen) atoms. The van der Waals surface area contributed by atoms with Crippen LogP contribution >= 0.6 is 11.3 Å². The summed E-state index contributed by atoms with van der Waals surface area (Å²) < 4.78 is 39.2. The van der Waals surface area contributed by atoms with E-state index >= 15 is 0 Å². The fraction of sp³-hybridized carbons (Fsp3) is 0.167. The second-order valence-corrected chi connectivity index (χ2v) is 6.75. The summed E-state index contributed by atoms with van der Waals surface area (Å²) in [6.07, 6.45) is -4.45. The Hall–Kier alpha value is -2.54. The number of fused-ring (bicyclic) bond motifs is 1. The minimum absolute atomic E-state index is 0.0935. The number of hydrogen-bond donors (Lipinski definition) is 1. The maximum atomic E-state index is 12.9. The van der Waals surface area contributed by atoms with Crippen molar-refractivity contribution in [1.82, 2.24) is 4.90 Å². The van der Waals surface area contributed by atoms with Crippen LogP contribution in [0.3, 0.4) is 0 Å². The van der Waals surface area contributed by atoms with E-state index < -0.39 is 11.7 Å². The molecule has 0 atom stereocenters. The van der Waals surface area contributed by atoms with Gasteiger partial charge in [0.05, 0.1) is 11.3 Å². The summed E-state index contributed by atoms with van der Waals surface area (Å²) in [5.41, 5.74) is 6.25. The van der Waals surface area contributed by atoms with E-state index in [1.807, 2.05) is 30.3 Å². The van der Waals surface area contributed by atoms with Crippen molar-refractivity contribution < 1.29 is 18.0 Å². The van der Waals surface area contributed by atoms with E-state index in [1.165, 1.54) is 11.0 Å². The first-order valence-corrected chi connectivity index (χ1v) is 8.27. The van der Waals surface area contributed by atoms with Crippen LogP contribution in [-0.4, -0.2) is 17.9 Å². The summed E-state index contributed by atoms with van der Waals surface area (Å²) >= 11 is 1.11. The fourth-order valence-electron chi connectivity index (χ4n) is 2.55. The van der Waals surface area contributed by atoms with Gasteiger partial charge in [0.1, 0.15) is 4.88 Å². The van der Waals surface area contributed by atoms with Gasteiger partial charge in [-0.15, -0.1) is 11.3 Å². The number of hydrogen-bond acceptors (Lipinski definition) is 3. The SMILES string of the molecule is CN(Cc1ccccc1)C(=O)c1sc2ccc(C(F)(F)F)cc2c1N. The Bertz CT molecular complexity index is 919. The molecule has 3 rings (SSSR count). The van der Waals surface area contributed by atoms with Gasteiger partial charge in [0.15, 0.2) is 0 Å². The zero-order chi connectivity index (χ0) is 18.2. The maximum Gasteiger partial charge on any atom is 0.416 e. The number of rotatable bonds is 3. The predicted octanol–water partition coefficient (Wildman–Crippen LogP) is 4.77. The highest BCUT2D eigenvalue weighted by atomic mass is 32.1. The van der Waals surface area contributed by atoms with E-state index in [9.17, 15) is 18.0 Å². The molecule has 0 fully saturated rings. The van der Waals surface area contributed by atoms with Crippen molar-refractivity contribution in [2.75, 3.05) is 12.8 Å². The first-order chi connectivity index (χ1) is 11.8. The fourth-order valence-corrected chi connectivity index (χ4v) is 3.65. The Kier molecular flexibility index (Phi) is 4.43. The first-order valence-electron chi connectivity index (χ1n) is 7.46. The van der Waals surface area contributed by atoms with Crippen molar-refractivity contribution in [1.29, 1.82) is 0 Å². The van der Waals surface area contributed by atoms with Crippen LogP contribution < -0.4 is 5.73 Å². The number of anilines is 1. The van der Waals surface area contributed by atoms with Gasteiger partial charge in [-0.3, -0.25) is 4.79 Å². The molecule has 7 heteroatoms. The van der Waals surface area contributed by atoms with Crippen LogP contribution in [-0.2, 0) is 12.7 Å². The molecule has 0 aliphatic heterocycles. The topological polar surface area (TPSA) is 46.3 Å². The predicted molar refractivity (Wildman–Crippen MR) is 93.5 cm³/mol. The third kappa shape index (κ3) is 3.46. The zero-order valence-electron chi connectivity index (χ0n) is 13.3. The maximum absolute atomic E-state index is 12.9. The molecule has 0 spiro atoms. The van der Waals surface area contributed by atoms with E-state index in [2.05, 4.69) is 0 Å². The second kappa shape index (κ2) is 6.40. The molecule has 0 saturated heterocycles. The molecule has 0 radical (unpaired) electrons. The minimum atomic E-state index is -4.45. The number of nitrogens with zero attached hydrogens (tertiary/aromatic N) is 1. The van der Waals surface area contributed by atoms with Crippen molar-refractivity contribution in [3.05, 3.63) is 64.5 Å². The van der Waals surface area contributed by atoms with Crippen LogP contribution in [0.2, 0.25) is 0 Å². The Morgan fingerprint density at radius 3 is 2.48 bits per heavy atom. The van der Waals surface area contributed by atoms with Gasteiger partial charge in [-0.1, -0.05) is 30.3 Å². The molecule has 3 aromatic rings. The van der Waals surface area contributed by atoms with Gasteiger partial charge in [-0.25, -0.2) is 0 Å². The van der Waals surface area contributed by atoms with Crippen molar-refractivity contribution in [2.45, 2.75) is 12.7 Å². The van der Waals surface area contributed by atoms with E-state index in [4.69, 9.17) is 5.73 Å². The molecule has 2 N–H and O–H groups in total. The lowest BCUT2D eigenvalue weighted by molar-refractivity contribution is -0.137. The summed E-state index contributed by atoms with van der Waals surface area (Å²) in [7, 11) is 1.64. The lowest BCUT2D eigenvalue weighted by Crippen LogP contribution is -2.26. The van der Waals surface area contributed by atoms with Crippen LogP contribution in [0.1, 0.15) is 20.8 Å². The highest BCUT2D eigenvalue weighted by molar-refractivity contribution is 7.21. The summed E-state index contributed by atoms with van der Waals surface area (Å²) in [6, 6.07) is 12.8. The smallest absolute Gasteiger partial charge is 0.397 e. The molecule has 0 unspecified atom stereocenters. The first kappa shape index (κ1) is 17.3. The minimum Gasteiger partial charge on any atom is -0.397 e. The van der Waals surface area contributed by atoms with Gasteiger partial charge in [-0.05, 0) is 23.8 Å². The number of benzene rings is 2. The van der Waals surface area contributed by atoms with Crippen molar-refractivity contribution in [3.63, 3.8) is 0 Å². The van der Waals surface area contributed by atoms with Crippen LogP contribution in [0.25, 0.3) is 10.1 Å². The standard InChI is InChI=1S/C18H15F3N2OS/c1-23(10-11-5-3-2-4-6-11)17(24)16-15(22)13-9-12(18(19,20)21)7-8-14(13)25-16/h2-9H,10,22H2,1H3. The number of halogens is 3. The van der Waals surface area contributed by atoms with Gasteiger partial charge in [-0.2, -0.15) is 13.2 Å². The molecule has 1 heterocycles. The van der Waals surface area contributed by atoms with Crippen molar-refractivity contribution in [3.8, 4) is 0 Å². The number of carbonyl (C=O) groups excluding carboxylic acids is 1. The summed E-state index contributed by atoms with van der Waals surface area (Å²) in [5.74, 6) is -0.309. The van der Waals surface area contributed by atoms with Crippen LogP contribution in [0.5, 0.6) is 0 Å². The van der Waals surface area contributed by atoms with Crippen molar-refractivity contribution in [2.24, 2.45) is 0 Å². The van der Waals surface area contributed by atoms with E-state index in [-0.39, 0.29) is 21.9 Å². The molecule has 0 aliphatic carbocycles. The summed E-state index contributed by atoms with van der Waals surface area (Å²) in [6.45, 7) is 0.390. The molecule has 1 amide bonds. The molecule has 130 valence electrons. The summed E-state index contributed by atoms with van der Waals surface area (Å²) in [4.78, 5) is 14.4. The zero-order valence-corrected chi connectivity index (χ0v) is 14.1. The monoisotopic (exact) mass is 364 g/mol. The second-order valence-electron chi connectivity index (χ2n) is 5.70. The number of carbonyl (C=O) groups is 1. The average molecular weight is 364 g/mol. The molecule has 1 aromatic heterocycles. The Morgan fingerprint density at radius 2 is 1.84 bits per heavy atom. The van der Waals surface area contributed by atoms with Crippen LogP contribution in [0, 0.1) is 0 Å². The van der Waals surface area contributed by atoms with E-state index in [0.29, 0.717) is 11.2 Å². The van der Waals surface area contributed by atoms with E-state index in [0.717, 1.165) is 29.0 Å². The molecular formula is C18H15F3N2OS. The number of nitrogen functional groups attached to an aromatic ring is 1. The lowest BCUT2D eigenvalue weighted by atomic mass is 10.1. The normalized spacial score (nSPS) is 11.7. The Morgan fingerprint density at radius 1 is 1.16 bits per heavy atom. The largest absolute Gasteiger partial charge is 0.416 e. The van der Waals surface area contributed by atoms with Crippen molar-refractivity contribution >= 4 is 33.0 Å². The summed E-state index contributed by atoms with van der Waals surface area (Å²) in [5, 5.41) is 0.260. The molecule has 3 nitrogen and oxygen atoms in total.